The van der Waals surface area contributed by atoms with Crippen LogP contribution in [0.15, 0.2) is 91.0 Å². The Kier molecular flexibility index (Phi) is 4.19. The van der Waals surface area contributed by atoms with Crippen LogP contribution in [0.25, 0.3) is 59.6 Å². The summed E-state index contributed by atoms with van der Waals surface area (Å²) >= 11 is 1.90. The van der Waals surface area contributed by atoms with Gasteiger partial charge in [-0.2, -0.15) is 0 Å². The number of allylic oxidation sites excluding steroid dienone is 1. The number of fused-ring (bicyclic) bond motifs is 7. The van der Waals surface area contributed by atoms with Crippen LogP contribution in [0.1, 0.15) is 17.4 Å². The Morgan fingerprint density at radius 1 is 0.613 bits per heavy atom. The van der Waals surface area contributed by atoms with E-state index in [9.17, 15) is 0 Å². The average Bonchev–Trinajstić information content (AvgIpc) is 3.14. The van der Waals surface area contributed by atoms with Crippen molar-refractivity contribution in [1.29, 1.82) is 0 Å². The highest BCUT2D eigenvalue weighted by Gasteiger charge is 2.13. The highest BCUT2D eigenvalue weighted by Crippen LogP contribution is 2.41. The van der Waals surface area contributed by atoms with Gasteiger partial charge in [-0.3, -0.25) is 0 Å². The fourth-order valence-electron chi connectivity index (χ4n) is 4.93. The summed E-state index contributed by atoms with van der Waals surface area (Å²) in [4.78, 5) is 1.37. The maximum absolute atomic E-state index is 2.39. The number of thiophene rings is 1. The first-order valence-electron chi connectivity index (χ1n) is 10.7. The van der Waals surface area contributed by atoms with Gasteiger partial charge in [-0.05, 0) is 68.9 Å². The second-order valence-corrected chi connectivity index (χ2v) is 9.33. The molecule has 0 unspecified atom stereocenters. The van der Waals surface area contributed by atoms with Crippen molar-refractivity contribution in [3.8, 4) is 11.1 Å². The summed E-state index contributed by atoms with van der Waals surface area (Å²) in [5.41, 5.74) is 3.95. The fraction of sp³-hybridized carbons (Fsp3) is 0.0667. The first-order valence-corrected chi connectivity index (χ1v) is 11.6. The minimum absolute atomic E-state index is 1.28. The van der Waals surface area contributed by atoms with Gasteiger partial charge in [0.15, 0.2) is 0 Å². The summed E-state index contributed by atoms with van der Waals surface area (Å²) in [5.74, 6) is 0. The van der Waals surface area contributed by atoms with Gasteiger partial charge >= 0.3 is 0 Å². The van der Waals surface area contributed by atoms with Gasteiger partial charge in [0.1, 0.15) is 0 Å². The van der Waals surface area contributed by atoms with Crippen molar-refractivity contribution in [2.75, 3.05) is 0 Å². The second kappa shape index (κ2) is 7.08. The molecular formula is C30H22S. The molecule has 0 fully saturated rings. The van der Waals surface area contributed by atoms with Gasteiger partial charge < -0.3 is 0 Å². The van der Waals surface area contributed by atoms with Crippen LogP contribution in [0.3, 0.4) is 0 Å². The van der Waals surface area contributed by atoms with Crippen molar-refractivity contribution in [3.05, 3.63) is 101 Å². The zero-order valence-electron chi connectivity index (χ0n) is 17.6. The third kappa shape index (κ3) is 2.74. The van der Waals surface area contributed by atoms with E-state index in [1.54, 1.807) is 0 Å². The molecule has 1 heterocycles. The molecule has 6 aromatic rings. The lowest BCUT2D eigenvalue weighted by Gasteiger charge is -2.12. The van der Waals surface area contributed by atoms with Gasteiger partial charge in [-0.15, -0.1) is 11.3 Å². The zero-order valence-corrected chi connectivity index (χ0v) is 18.5. The molecule has 0 nitrogen and oxygen atoms in total. The first-order chi connectivity index (χ1) is 15.3. The molecule has 0 saturated carbocycles. The molecule has 31 heavy (non-hydrogen) atoms. The maximum atomic E-state index is 2.39. The molecule has 0 atom stereocenters. The Morgan fingerprint density at radius 3 is 1.84 bits per heavy atom. The lowest BCUT2D eigenvalue weighted by molar-refractivity contribution is 1.61. The lowest BCUT2D eigenvalue weighted by Crippen LogP contribution is -1.85. The van der Waals surface area contributed by atoms with E-state index in [0.29, 0.717) is 0 Å². The van der Waals surface area contributed by atoms with Crippen molar-refractivity contribution in [2.45, 2.75) is 13.8 Å². The number of rotatable bonds is 2. The Labute approximate surface area is 186 Å². The Hall–Kier alpha value is -3.42. The van der Waals surface area contributed by atoms with Crippen molar-refractivity contribution in [3.63, 3.8) is 0 Å². The molecule has 0 aliphatic rings. The van der Waals surface area contributed by atoms with Gasteiger partial charge in [0.25, 0.3) is 0 Å². The monoisotopic (exact) mass is 414 g/mol. The highest BCUT2D eigenvalue weighted by molar-refractivity contribution is 7.20. The summed E-state index contributed by atoms with van der Waals surface area (Å²) in [7, 11) is 0. The molecule has 0 aliphatic carbocycles. The van der Waals surface area contributed by atoms with Gasteiger partial charge in [0, 0.05) is 15.0 Å². The van der Waals surface area contributed by atoms with E-state index in [1.807, 2.05) is 11.3 Å². The molecule has 1 heteroatoms. The van der Waals surface area contributed by atoms with Crippen LogP contribution in [-0.2, 0) is 0 Å². The lowest BCUT2D eigenvalue weighted by atomic mass is 9.92. The molecule has 0 radical (unpaired) electrons. The minimum atomic E-state index is 1.28. The number of aryl methyl sites for hydroxylation is 1. The van der Waals surface area contributed by atoms with Gasteiger partial charge in [-0.25, -0.2) is 0 Å². The van der Waals surface area contributed by atoms with Crippen molar-refractivity contribution in [1.82, 2.24) is 0 Å². The van der Waals surface area contributed by atoms with Gasteiger partial charge in [0.2, 0.25) is 0 Å². The molecule has 0 bridgehead atoms. The van der Waals surface area contributed by atoms with Crippen molar-refractivity contribution in [2.24, 2.45) is 0 Å². The molecule has 0 N–H and O–H groups in total. The first kappa shape index (κ1) is 18.4. The molecule has 0 saturated heterocycles. The molecule has 148 valence electrons. The topological polar surface area (TPSA) is 0 Å². The summed E-state index contributed by atoms with van der Waals surface area (Å²) in [6, 6.07) is 31.3. The Morgan fingerprint density at radius 2 is 1.19 bits per heavy atom. The van der Waals surface area contributed by atoms with Crippen LogP contribution in [-0.4, -0.2) is 0 Å². The van der Waals surface area contributed by atoms with Gasteiger partial charge in [0.05, 0.1) is 0 Å². The van der Waals surface area contributed by atoms with Crippen LogP contribution < -0.4 is 0 Å². The number of hydrogen-bond acceptors (Lipinski definition) is 1. The van der Waals surface area contributed by atoms with E-state index >= 15 is 0 Å². The third-order valence-corrected chi connectivity index (χ3v) is 7.50. The maximum Gasteiger partial charge on any atom is 0.0430 e. The average molecular weight is 415 g/mol. The van der Waals surface area contributed by atoms with E-state index < -0.39 is 0 Å². The molecular weight excluding hydrogens is 392 g/mol. The Bertz CT molecular complexity index is 1610. The van der Waals surface area contributed by atoms with Crippen LogP contribution in [0.2, 0.25) is 0 Å². The van der Waals surface area contributed by atoms with Crippen molar-refractivity contribution >= 4 is 59.8 Å². The minimum Gasteiger partial charge on any atom is -0.139 e. The standard InChI is InChI=1S/C30H22S/c1-3-9-21-19(2)31-30-22(14-8-15-28(21)30)20-16-17-27-25-12-5-4-10-23(25)24-11-6-7-13-26(24)29(27)18-20/h3-18H,1-2H3. The third-order valence-electron chi connectivity index (χ3n) is 6.33. The molecule has 1 aromatic heterocycles. The van der Waals surface area contributed by atoms with Crippen molar-refractivity contribution < 1.29 is 0 Å². The quantitative estimate of drug-likeness (QED) is 0.248. The fourth-order valence-corrected chi connectivity index (χ4v) is 6.11. The molecule has 0 amide bonds. The Balaban J connectivity index is 1.70. The second-order valence-electron chi connectivity index (χ2n) is 8.11. The van der Waals surface area contributed by atoms with Crippen LogP contribution in [0, 0.1) is 6.92 Å². The van der Waals surface area contributed by atoms with E-state index in [1.165, 1.54) is 64.0 Å². The van der Waals surface area contributed by atoms with E-state index in [0.717, 1.165) is 0 Å². The number of hydrogen-bond donors (Lipinski definition) is 0. The van der Waals surface area contributed by atoms with E-state index in [2.05, 4.69) is 111 Å². The largest absolute Gasteiger partial charge is 0.139 e. The SMILES string of the molecule is CC=Cc1c(C)sc2c(-c3ccc4c5ccccc5c5ccccc5c4c3)cccc12. The van der Waals surface area contributed by atoms with E-state index in [-0.39, 0.29) is 0 Å². The molecule has 0 spiro atoms. The van der Waals surface area contributed by atoms with E-state index in [4.69, 9.17) is 0 Å². The molecule has 6 rings (SSSR count). The normalized spacial score (nSPS) is 12.1. The summed E-state index contributed by atoms with van der Waals surface area (Å²) in [6.45, 7) is 4.31. The summed E-state index contributed by atoms with van der Waals surface area (Å²) in [6.07, 6.45) is 4.37. The van der Waals surface area contributed by atoms with Crippen LogP contribution in [0.5, 0.6) is 0 Å². The zero-order chi connectivity index (χ0) is 20.9. The summed E-state index contributed by atoms with van der Waals surface area (Å²) < 4.78 is 1.37. The van der Waals surface area contributed by atoms with Crippen LogP contribution in [0.4, 0.5) is 0 Å². The molecule has 5 aromatic carbocycles. The predicted octanol–water partition coefficient (Wildman–Crippen LogP) is 9.37. The molecule has 0 aliphatic heterocycles. The van der Waals surface area contributed by atoms with Crippen LogP contribution >= 0.6 is 11.3 Å². The highest BCUT2D eigenvalue weighted by atomic mass is 32.1. The summed E-state index contributed by atoms with van der Waals surface area (Å²) in [5, 5.41) is 9.29. The van der Waals surface area contributed by atoms with Gasteiger partial charge in [-0.1, -0.05) is 91.0 Å². The number of benzene rings is 5. The smallest absolute Gasteiger partial charge is 0.0430 e. The predicted molar refractivity (Wildman–Crippen MR) is 139 cm³/mol.